The molecule has 0 aliphatic rings. The minimum absolute atomic E-state index is 0.0569. The molecule has 0 aromatic heterocycles. The molecule has 1 aromatic rings. The van der Waals surface area contributed by atoms with E-state index in [0.29, 0.717) is 5.56 Å². The van der Waals surface area contributed by atoms with Crippen molar-refractivity contribution in [3.05, 3.63) is 47.5 Å². The summed E-state index contributed by atoms with van der Waals surface area (Å²) in [5.74, 6) is 0.179. The fraction of sp³-hybridized carbons (Fsp3) is 0.375. The number of hydrogen-bond acceptors (Lipinski definition) is 2. The standard InChI is InChI=1S/C16H15F3N2/c1-12(2)7-8-15(10-20,11-21)9-13-3-5-14(6-4-13)16(17,18)19/h3-8,12H,9H2,1-2H3. The van der Waals surface area contributed by atoms with Crippen LogP contribution in [-0.2, 0) is 12.6 Å². The van der Waals surface area contributed by atoms with Gasteiger partial charge in [0, 0.05) is 6.42 Å². The van der Waals surface area contributed by atoms with E-state index in [2.05, 4.69) is 0 Å². The maximum absolute atomic E-state index is 12.5. The summed E-state index contributed by atoms with van der Waals surface area (Å²) >= 11 is 0. The van der Waals surface area contributed by atoms with Gasteiger partial charge in [-0.1, -0.05) is 38.1 Å². The van der Waals surface area contributed by atoms with E-state index in [9.17, 15) is 23.7 Å². The van der Waals surface area contributed by atoms with Crippen LogP contribution >= 0.6 is 0 Å². The lowest BCUT2D eigenvalue weighted by Crippen LogP contribution is -2.17. The van der Waals surface area contributed by atoms with Gasteiger partial charge in [-0.15, -0.1) is 0 Å². The van der Waals surface area contributed by atoms with Crippen LogP contribution in [0.25, 0.3) is 0 Å². The first-order valence-corrected chi connectivity index (χ1v) is 6.40. The molecule has 0 radical (unpaired) electrons. The van der Waals surface area contributed by atoms with Crippen molar-refractivity contribution in [3.8, 4) is 12.1 Å². The molecule has 1 aromatic carbocycles. The third kappa shape index (κ3) is 4.65. The maximum Gasteiger partial charge on any atom is 0.416 e. The predicted octanol–water partition coefficient (Wildman–Crippen LogP) is 4.49. The Bertz CT molecular complexity index is 570. The lowest BCUT2D eigenvalue weighted by Gasteiger charge is -2.15. The van der Waals surface area contributed by atoms with Crippen LogP contribution in [0, 0.1) is 34.0 Å². The highest BCUT2D eigenvalue weighted by Gasteiger charge is 2.31. The van der Waals surface area contributed by atoms with Gasteiger partial charge in [-0.3, -0.25) is 0 Å². The van der Waals surface area contributed by atoms with Gasteiger partial charge in [0.05, 0.1) is 17.7 Å². The number of allylic oxidation sites excluding steroid dienone is 2. The first-order chi connectivity index (χ1) is 9.72. The van der Waals surface area contributed by atoms with Crippen molar-refractivity contribution in [1.82, 2.24) is 0 Å². The van der Waals surface area contributed by atoms with Gasteiger partial charge in [-0.05, 0) is 23.6 Å². The molecular weight excluding hydrogens is 277 g/mol. The summed E-state index contributed by atoms with van der Waals surface area (Å²) in [4.78, 5) is 0. The predicted molar refractivity (Wildman–Crippen MR) is 72.8 cm³/mol. The van der Waals surface area contributed by atoms with Crippen molar-refractivity contribution < 1.29 is 13.2 Å². The summed E-state index contributed by atoms with van der Waals surface area (Å²) in [5, 5.41) is 18.5. The first kappa shape index (κ1) is 16.8. The topological polar surface area (TPSA) is 47.6 Å². The molecule has 5 heteroatoms. The van der Waals surface area contributed by atoms with Crippen molar-refractivity contribution in [2.75, 3.05) is 0 Å². The summed E-state index contributed by atoms with van der Waals surface area (Å²) in [5.41, 5.74) is -1.59. The minimum atomic E-state index is -4.39. The van der Waals surface area contributed by atoms with Crippen LogP contribution in [0.4, 0.5) is 13.2 Å². The highest BCUT2D eigenvalue weighted by Crippen LogP contribution is 2.30. The Labute approximate surface area is 122 Å². The Hall–Kier alpha value is -2.27. The SMILES string of the molecule is CC(C)C=CC(C#N)(C#N)Cc1ccc(C(F)(F)F)cc1. The van der Waals surface area contributed by atoms with E-state index in [1.165, 1.54) is 18.2 Å². The molecule has 0 saturated carbocycles. The van der Waals surface area contributed by atoms with Crippen LogP contribution in [0.3, 0.4) is 0 Å². The molecule has 0 spiro atoms. The largest absolute Gasteiger partial charge is 0.416 e. The lowest BCUT2D eigenvalue weighted by atomic mass is 9.83. The fourth-order valence-corrected chi connectivity index (χ4v) is 1.73. The van der Waals surface area contributed by atoms with Gasteiger partial charge < -0.3 is 0 Å². The molecule has 1 rings (SSSR count). The smallest absolute Gasteiger partial charge is 0.196 e. The van der Waals surface area contributed by atoms with Crippen LogP contribution < -0.4 is 0 Å². The average molecular weight is 292 g/mol. The Morgan fingerprint density at radius 1 is 1.10 bits per heavy atom. The van der Waals surface area contributed by atoms with Gasteiger partial charge in [0.2, 0.25) is 0 Å². The summed E-state index contributed by atoms with van der Waals surface area (Å²) in [6, 6.07) is 8.41. The molecule has 0 N–H and O–H groups in total. The second kappa shape index (κ2) is 6.45. The van der Waals surface area contributed by atoms with Crippen molar-refractivity contribution in [3.63, 3.8) is 0 Å². The third-order valence-corrected chi connectivity index (χ3v) is 2.93. The summed E-state index contributed by atoms with van der Waals surface area (Å²) < 4.78 is 37.5. The van der Waals surface area contributed by atoms with E-state index in [1.54, 1.807) is 6.08 Å². The van der Waals surface area contributed by atoms with Crippen LogP contribution in [-0.4, -0.2) is 0 Å². The number of nitrogens with zero attached hydrogens (tertiary/aromatic N) is 2. The third-order valence-electron chi connectivity index (χ3n) is 2.93. The van der Waals surface area contributed by atoms with E-state index in [-0.39, 0.29) is 12.3 Å². The number of rotatable bonds is 4. The number of hydrogen-bond donors (Lipinski definition) is 0. The Morgan fingerprint density at radius 3 is 2.00 bits per heavy atom. The molecule has 21 heavy (non-hydrogen) atoms. The minimum Gasteiger partial charge on any atom is -0.196 e. The van der Waals surface area contributed by atoms with Gasteiger partial charge in [0.1, 0.15) is 0 Å². The molecule has 0 atom stereocenters. The zero-order valence-corrected chi connectivity index (χ0v) is 11.8. The number of halogens is 3. The van der Waals surface area contributed by atoms with Gasteiger partial charge >= 0.3 is 6.18 Å². The Balaban J connectivity index is 3.02. The highest BCUT2D eigenvalue weighted by atomic mass is 19.4. The molecular formula is C16H15F3N2. The van der Waals surface area contributed by atoms with E-state index < -0.39 is 17.2 Å². The molecule has 0 bridgehead atoms. The van der Waals surface area contributed by atoms with Crippen molar-refractivity contribution in [2.24, 2.45) is 11.3 Å². The average Bonchev–Trinajstić information content (AvgIpc) is 2.43. The van der Waals surface area contributed by atoms with Crippen molar-refractivity contribution >= 4 is 0 Å². The van der Waals surface area contributed by atoms with Gasteiger partial charge in [-0.2, -0.15) is 23.7 Å². The molecule has 0 fully saturated rings. The number of benzene rings is 1. The molecule has 0 heterocycles. The second-order valence-corrected chi connectivity index (χ2v) is 5.17. The highest BCUT2D eigenvalue weighted by molar-refractivity contribution is 5.32. The monoisotopic (exact) mass is 292 g/mol. The molecule has 110 valence electrons. The van der Waals surface area contributed by atoms with E-state index in [0.717, 1.165) is 12.1 Å². The first-order valence-electron chi connectivity index (χ1n) is 6.40. The van der Waals surface area contributed by atoms with Crippen LogP contribution in [0.5, 0.6) is 0 Å². The van der Waals surface area contributed by atoms with Crippen LogP contribution in [0.2, 0.25) is 0 Å². The van der Waals surface area contributed by atoms with Crippen LogP contribution in [0.1, 0.15) is 25.0 Å². The maximum atomic E-state index is 12.5. The van der Waals surface area contributed by atoms with E-state index in [4.69, 9.17) is 0 Å². The number of alkyl halides is 3. The summed E-state index contributed by atoms with van der Waals surface area (Å²) in [7, 11) is 0. The quantitative estimate of drug-likeness (QED) is 0.767. The van der Waals surface area contributed by atoms with Crippen molar-refractivity contribution in [2.45, 2.75) is 26.4 Å². The lowest BCUT2D eigenvalue weighted by molar-refractivity contribution is -0.137. The Kier molecular flexibility index (Phi) is 5.16. The normalized spacial score (nSPS) is 12.4. The Morgan fingerprint density at radius 2 is 1.62 bits per heavy atom. The van der Waals surface area contributed by atoms with Gasteiger partial charge in [-0.25, -0.2) is 0 Å². The molecule has 0 saturated heterocycles. The van der Waals surface area contributed by atoms with Crippen molar-refractivity contribution in [1.29, 1.82) is 10.5 Å². The molecule has 0 aliphatic carbocycles. The van der Waals surface area contributed by atoms with Gasteiger partial charge in [0.15, 0.2) is 5.41 Å². The number of nitriles is 2. The van der Waals surface area contributed by atoms with Crippen LogP contribution in [0.15, 0.2) is 36.4 Å². The molecule has 0 aliphatic heterocycles. The van der Waals surface area contributed by atoms with E-state index >= 15 is 0 Å². The summed E-state index contributed by atoms with van der Waals surface area (Å²) in [6.45, 7) is 3.82. The van der Waals surface area contributed by atoms with E-state index in [1.807, 2.05) is 26.0 Å². The second-order valence-electron chi connectivity index (χ2n) is 5.17. The molecule has 0 amide bonds. The summed E-state index contributed by atoms with van der Waals surface area (Å²) in [6.07, 6.45) is -1.06. The fourth-order valence-electron chi connectivity index (χ4n) is 1.73. The van der Waals surface area contributed by atoms with Gasteiger partial charge in [0.25, 0.3) is 0 Å². The molecule has 0 unspecified atom stereocenters. The zero-order chi connectivity index (χ0) is 16.1. The molecule has 2 nitrogen and oxygen atoms in total. The zero-order valence-electron chi connectivity index (χ0n) is 11.8.